The Morgan fingerprint density at radius 2 is 1.94 bits per heavy atom. The van der Waals surface area contributed by atoms with Crippen LogP contribution < -0.4 is 14.8 Å². The van der Waals surface area contributed by atoms with Gasteiger partial charge in [-0.2, -0.15) is 0 Å². The smallest absolute Gasteiger partial charge is 0.238 e. The third-order valence-corrected chi connectivity index (χ3v) is 7.01. The van der Waals surface area contributed by atoms with Crippen molar-refractivity contribution in [3.05, 3.63) is 59.9 Å². The van der Waals surface area contributed by atoms with Crippen molar-refractivity contribution in [3.8, 4) is 11.5 Å². The first-order chi connectivity index (χ1) is 16.2. The normalized spacial score (nSPS) is 17.8. The minimum Gasteiger partial charge on any atom is -0.486 e. The van der Waals surface area contributed by atoms with Crippen molar-refractivity contribution >= 4 is 23.4 Å². The van der Waals surface area contributed by atoms with Crippen LogP contribution in [0.2, 0.25) is 0 Å². The van der Waals surface area contributed by atoms with E-state index in [1.54, 1.807) is 11.8 Å². The predicted molar refractivity (Wildman–Crippen MR) is 127 cm³/mol. The number of hydrogen-bond acceptors (Lipinski definition) is 7. The maximum Gasteiger partial charge on any atom is 0.238 e. The minimum atomic E-state index is -0.0561. The highest BCUT2D eigenvalue weighted by Crippen LogP contribution is 2.34. The Balaban J connectivity index is 1.21. The number of fused-ring (bicyclic) bond motifs is 1. The molecule has 2 aromatic carbocycles. The number of thioether (sulfide) groups is 1. The standard InChI is InChI=1S/C24H27N5O3S/c1-28-23(26-27-24(28)33-16-17-6-3-2-4-7-17)19-8-5-11-29(19)15-22(30)25-18-9-10-20-21(14-18)32-13-12-31-20/h2-4,6-7,9-10,14,19H,5,8,11-13,15-16H2,1H3,(H,25,30). The van der Waals surface area contributed by atoms with E-state index in [-0.39, 0.29) is 11.9 Å². The third kappa shape index (κ3) is 4.99. The van der Waals surface area contributed by atoms with E-state index < -0.39 is 0 Å². The molecule has 5 rings (SSSR count). The maximum absolute atomic E-state index is 12.8. The van der Waals surface area contributed by atoms with Gasteiger partial charge in [0.2, 0.25) is 5.91 Å². The topological polar surface area (TPSA) is 81.5 Å². The van der Waals surface area contributed by atoms with Gasteiger partial charge in [0.05, 0.1) is 12.6 Å². The number of anilines is 1. The van der Waals surface area contributed by atoms with Gasteiger partial charge in [-0.1, -0.05) is 42.1 Å². The summed E-state index contributed by atoms with van der Waals surface area (Å²) >= 11 is 1.68. The van der Waals surface area contributed by atoms with Crippen LogP contribution in [-0.4, -0.2) is 51.9 Å². The van der Waals surface area contributed by atoms with E-state index in [1.807, 2.05) is 43.4 Å². The fourth-order valence-corrected chi connectivity index (χ4v) is 5.15. The van der Waals surface area contributed by atoms with E-state index >= 15 is 0 Å². The van der Waals surface area contributed by atoms with Crippen LogP contribution in [-0.2, 0) is 17.6 Å². The van der Waals surface area contributed by atoms with Crippen LogP contribution in [0.25, 0.3) is 0 Å². The summed E-state index contributed by atoms with van der Waals surface area (Å²) in [4.78, 5) is 15.0. The summed E-state index contributed by atoms with van der Waals surface area (Å²) in [6.07, 6.45) is 1.99. The van der Waals surface area contributed by atoms with E-state index in [0.29, 0.717) is 36.9 Å². The van der Waals surface area contributed by atoms with Crippen LogP contribution in [0.3, 0.4) is 0 Å². The summed E-state index contributed by atoms with van der Waals surface area (Å²) in [5, 5.41) is 12.8. The molecule has 1 N–H and O–H groups in total. The SMILES string of the molecule is Cn1c(SCc2ccccc2)nnc1C1CCCN1CC(=O)Nc1ccc2c(c1)OCCO2. The fraction of sp³-hybridized carbons (Fsp3) is 0.375. The number of hydrogen-bond donors (Lipinski definition) is 1. The molecular formula is C24H27N5O3S. The van der Waals surface area contributed by atoms with E-state index in [2.05, 4.69) is 37.1 Å². The predicted octanol–water partition coefficient (Wildman–Crippen LogP) is 3.65. The lowest BCUT2D eigenvalue weighted by Crippen LogP contribution is -2.34. The number of aromatic nitrogens is 3. The molecule has 0 bridgehead atoms. The molecule has 33 heavy (non-hydrogen) atoms. The van der Waals surface area contributed by atoms with Gasteiger partial charge in [0, 0.05) is 24.6 Å². The second kappa shape index (κ2) is 9.84. The zero-order valence-corrected chi connectivity index (χ0v) is 19.4. The third-order valence-electron chi connectivity index (χ3n) is 5.91. The first-order valence-corrected chi connectivity index (χ1v) is 12.2. The van der Waals surface area contributed by atoms with E-state index in [0.717, 1.165) is 36.1 Å². The van der Waals surface area contributed by atoms with Gasteiger partial charge in [0.1, 0.15) is 13.2 Å². The first-order valence-electron chi connectivity index (χ1n) is 11.2. The van der Waals surface area contributed by atoms with Gasteiger partial charge in [0.25, 0.3) is 0 Å². The van der Waals surface area contributed by atoms with Crippen LogP contribution >= 0.6 is 11.8 Å². The number of ether oxygens (including phenoxy) is 2. The van der Waals surface area contributed by atoms with Gasteiger partial charge in [-0.25, -0.2) is 0 Å². The summed E-state index contributed by atoms with van der Waals surface area (Å²) in [7, 11) is 2.01. The minimum absolute atomic E-state index is 0.0561. The van der Waals surface area contributed by atoms with Gasteiger partial charge in [0.15, 0.2) is 22.5 Å². The second-order valence-corrected chi connectivity index (χ2v) is 9.15. The largest absolute Gasteiger partial charge is 0.486 e. The lowest BCUT2D eigenvalue weighted by atomic mass is 10.2. The number of carbonyl (C=O) groups excluding carboxylic acids is 1. The van der Waals surface area contributed by atoms with Crippen molar-refractivity contribution in [3.63, 3.8) is 0 Å². The average Bonchev–Trinajstić information content (AvgIpc) is 3.44. The summed E-state index contributed by atoms with van der Waals surface area (Å²) in [6.45, 7) is 2.23. The lowest BCUT2D eigenvalue weighted by Gasteiger charge is -2.23. The number of benzene rings is 2. The monoisotopic (exact) mass is 465 g/mol. The van der Waals surface area contributed by atoms with Crippen LogP contribution in [0, 0.1) is 0 Å². The van der Waals surface area contributed by atoms with Crippen molar-refractivity contribution in [2.24, 2.45) is 7.05 Å². The first kappa shape index (κ1) is 21.8. The molecule has 1 fully saturated rings. The molecule has 1 amide bonds. The molecule has 0 saturated carbocycles. The number of carbonyl (C=O) groups is 1. The van der Waals surface area contributed by atoms with Gasteiger partial charge in [-0.15, -0.1) is 10.2 Å². The molecule has 3 heterocycles. The molecule has 2 aliphatic rings. The summed E-state index contributed by atoms with van der Waals surface area (Å²) < 4.78 is 13.2. The fourth-order valence-electron chi connectivity index (χ4n) is 4.28. The van der Waals surface area contributed by atoms with Crippen LogP contribution in [0.4, 0.5) is 5.69 Å². The van der Waals surface area contributed by atoms with Gasteiger partial charge in [-0.05, 0) is 37.1 Å². The van der Waals surface area contributed by atoms with Crippen molar-refractivity contribution in [1.29, 1.82) is 0 Å². The quantitative estimate of drug-likeness (QED) is 0.534. The van der Waals surface area contributed by atoms with Crippen molar-refractivity contribution in [2.75, 3.05) is 31.6 Å². The molecule has 9 heteroatoms. The molecule has 1 saturated heterocycles. The zero-order valence-electron chi connectivity index (χ0n) is 18.6. The van der Waals surface area contributed by atoms with E-state index in [9.17, 15) is 4.79 Å². The summed E-state index contributed by atoms with van der Waals surface area (Å²) in [5.74, 6) is 3.08. The highest BCUT2D eigenvalue weighted by molar-refractivity contribution is 7.98. The van der Waals surface area contributed by atoms with Crippen LogP contribution in [0.5, 0.6) is 11.5 Å². The molecule has 1 aromatic heterocycles. The molecule has 3 aromatic rings. The Labute approximate surface area is 197 Å². The summed E-state index contributed by atoms with van der Waals surface area (Å²) in [6, 6.07) is 15.9. The lowest BCUT2D eigenvalue weighted by molar-refractivity contribution is -0.117. The van der Waals surface area contributed by atoms with Crippen LogP contribution in [0.15, 0.2) is 53.7 Å². The van der Waals surface area contributed by atoms with Gasteiger partial charge in [-0.3, -0.25) is 9.69 Å². The average molecular weight is 466 g/mol. The number of likely N-dealkylation sites (tertiary alicyclic amines) is 1. The van der Waals surface area contributed by atoms with E-state index in [1.165, 1.54) is 5.56 Å². The highest BCUT2D eigenvalue weighted by atomic mass is 32.2. The van der Waals surface area contributed by atoms with Crippen molar-refractivity contribution in [2.45, 2.75) is 29.8 Å². The zero-order chi connectivity index (χ0) is 22.6. The molecule has 2 aliphatic heterocycles. The molecular weight excluding hydrogens is 438 g/mol. The molecule has 0 spiro atoms. The molecule has 1 atom stereocenters. The van der Waals surface area contributed by atoms with Crippen molar-refractivity contribution < 1.29 is 14.3 Å². The Kier molecular flexibility index (Phi) is 6.50. The van der Waals surface area contributed by atoms with Crippen LogP contribution in [0.1, 0.15) is 30.3 Å². The Hall–Kier alpha value is -3.04. The molecule has 1 unspecified atom stereocenters. The Morgan fingerprint density at radius 3 is 2.79 bits per heavy atom. The highest BCUT2D eigenvalue weighted by Gasteiger charge is 2.31. The summed E-state index contributed by atoms with van der Waals surface area (Å²) in [5.41, 5.74) is 1.96. The molecule has 172 valence electrons. The van der Waals surface area contributed by atoms with Gasteiger partial charge >= 0.3 is 0 Å². The Bertz CT molecular complexity index is 1120. The van der Waals surface area contributed by atoms with Crippen molar-refractivity contribution in [1.82, 2.24) is 19.7 Å². The van der Waals surface area contributed by atoms with E-state index in [4.69, 9.17) is 9.47 Å². The molecule has 8 nitrogen and oxygen atoms in total. The number of amides is 1. The molecule has 0 aliphatic carbocycles. The number of nitrogens with zero attached hydrogens (tertiary/aromatic N) is 4. The second-order valence-electron chi connectivity index (χ2n) is 8.21. The maximum atomic E-state index is 12.8. The number of nitrogens with one attached hydrogen (secondary N) is 1. The Morgan fingerprint density at radius 1 is 1.12 bits per heavy atom. The molecule has 0 radical (unpaired) electrons. The van der Waals surface area contributed by atoms with Gasteiger partial charge < -0.3 is 19.4 Å². The number of rotatable bonds is 7.